The maximum absolute atomic E-state index is 12.2. The highest BCUT2D eigenvalue weighted by atomic mass is 32.1. The van der Waals surface area contributed by atoms with Gasteiger partial charge in [0.25, 0.3) is 5.56 Å². The first-order valence-corrected chi connectivity index (χ1v) is 9.57. The Kier molecular flexibility index (Phi) is 7.68. The number of aliphatic hydroxyl groups excluding tert-OH is 1. The number of nitrogens with zero attached hydrogens (tertiary/aromatic N) is 3. The molecule has 0 saturated carbocycles. The Bertz CT molecular complexity index is 638. The minimum Gasteiger partial charge on any atom is -0.391 e. The number of hydrogen-bond acceptors (Lipinski definition) is 5. The van der Waals surface area contributed by atoms with Gasteiger partial charge >= 0.3 is 0 Å². The number of hydrogen-bond donors (Lipinski definition) is 1. The fraction of sp³-hybridized carbons (Fsp3) is 0.706. The molecule has 128 valence electrons. The SMILES string of the molecule is CCCCCCCCCCC(O)Cn1ncc2ncsc2c1=O. The lowest BCUT2D eigenvalue weighted by atomic mass is 10.1. The van der Waals surface area contributed by atoms with E-state index in [1.807, 2.05) is 0 Å². The highest BCUT2D eigenvalue weighted by Gasteiger charge is 2.10. The van der Waals surface area contributed by atoms with Crippen molar-refractivity contribution < 1.29 is 5.11 Å². The first-order valence-electron chi connectivity index (χ1n) is 8.69. The second-order valence-electron chi connectivity index (χ2n) is 6.12. The van der Waals surface area contributed by atoms with Crippen LogP contribution in [0.1, 0.15) is 64.7 Å². The minimum atomic E-state index is -0.509. The molecule has 0 spiro atoms. The summed E-state index contributed by atoms with van der Waals surface area (Å²) in [5.74, 6) is 0. The van der Waals surface area contributed by atoms with Crippen molar-refractivity contribution in [2.75, 3.05) is 0 Å². The van der Waals surface area contributed by atoms with Gasteiger partial charge in [-0.25, -0.2) is 9.67 Å². The number of rotatable bonds is 11. The van der Waals surface area contributed by atoms with Crippen molar-refractivity contribution in [2.45, 2.75) is 77.4 Å². The van der Waals surface area contributed by atoms with Gasteiger partial charge < -0.3 is 5.11 Å². The number of aromatic nitrogens is 3. The molecule has 0 amide bonds. The van der Waals surface area contributed by atoms with E-state index in [0.29, 0.717) is 10.2 Å². The van der Waals surface area contributed by atoms with Crippen molar-refractivity contribution in [1.82, 2.24) is 14.8 Å². The molecule has 2 aromatic heterocycles. The van der Waals surface area contributed by atoms with Crippen LogP contribution in [0.5, 0.6) is 0 Å². The molecule has 23 heavy (non-hydrogen) atoms. The predicted molar refractivity (Wildman–Crippen MR) is 94.9 cm³/mol. The maximum atomic E-state index is 12.2. The third kappa shape index (κ3) is 5.70. The first kappa shape index (κ1) is 18.1. The van der Waals surface area contributed by atoms with Crippen LogP contribution in [-0.2, 0) is 6.54 Å². The van der Waals surface area contributed by atoms with Crippen LogP contribution in [0.3, 0.4) is 0 Å². The summed E-state index contributed by atoms with van der Waals surface area (Å²) in [5.41, 5.74) is 2.13. The van der Waals surface area contributed by atoms with Crippen LogP contribution in [0, 0.1) is 0 Å². The van der Waals surface area contributed by atoms with Crippen LogP contribution in [0.4, 0.5) is 0 Å². The van der Waals surface area contributed by atoms with Gasteiger partial charge in [-0.2, -0.15) is 5.10 Å². The van der Waals surface area contributed by atoms with E-state index in [9.17, 15) is 9.90 Å². The van der Waals surface area contributed by atoms with Crippen molar-refractivity contribution in [1.29, 1.82) is 0 Å². The van der Waals surface area contributed by atoms with Crippen LogP contribution in [0.15, 0.2) is 16.5 Å². The van der Waals surface area contributed by atoms with Gasteiger partial charge in [0.1, 0.15) is 10.2 Å². The smallest absolute Gasteiger partial charge is 0.286 e. The zero-order chi connectivity index (χ0) is 16.5. The molecular weight excluding hydrogens is 310 g/mol. The van der Waals surface area contributed by atoms with Crippen LogP contribution in [0.2, 0.25) is 0 Å². The summed E-state index contributed by atoms with van der Waals surface area (Å²) in [5, 5.41) is 14.2. The van der Waals surface area contributed by atoms with Crippen molar-refractivity contribution in [3.8, 4) is 0 Å². The third-order valence-corrected chi connectivity index (χ3v) is 4.95. The Morgan fingerprint density at radius 3 is 2.61 bits per heavy atom. The Balaban J connectivity index is 1.67. The Morgan fingerprint density at radius 2 is 1.87 bits per heavy atom. The topological polar surface area (TPSA) is 68.0 Å². The standard InChI is InChI=1S/C17H27N3O2S/c1-2-3-4-5-6-7-8-9-10-14(21)12-20-17(22)16-15(11-19-20)18-13-23-16/h11,13-14,21H,2-10,12H2,1H3. The molecule has 0 radical (unpaired) electrons. The molecule has 2 rings (SSSR count). The van der Waals surface area contributed by atoms with Crippen molar-refractivity contribution in [2.24, 2.45) is 0 Å². The number of thiazole rings is 1. The third-order valence-electron chi connectivity index (χ3n) is 4.12. The van der Waals surface area contributed by atoms with Crippen LogP contribution in [0.25, 0.3) is 10.2 Å². The van der Waals surface area contributed by atoms with Gasteiger partial charge in [0.05, 0.1) is 24.4 Å². The van der Waals surface area contributed by atoms with E-state index >= 15 is 0 Å². The van der Waals surface area contributed by atoms with Crippen molar-refractivity contribution in [3.05, 3.63) is 22.1 Å². The molecule has 0 aliphatic heterocycles. The average Bonchev–Trinajstić information content (AvgIpc) is 3.02. The summed E-state index contributed by atoms with van der Waals surface area (Å²) < 4.78 is 1.97. The summed E-state index contributed by atoms with van der Waals surface area (Å²) in [4.78, 5) is 16.3. The summed E-state index contributed by atoms with van der Waals surface area (Å²) in [6.07, 6.45) is 11.8. The second-order valence-corrected chi connectivity index (χ2v) is 6.97. The number of fused-ring (bicyclic) bond motifs is 1. The highest BCUT2D eigenvalue weighted by molar-refractivity contribution is 7.16. The van der Waals surface area contributed by atoms with E-state index in [2.05, 4.69) is 17.0 Å². The molecule has 0 bridgehead atoms. The number of aliphatic hydroxyl groups is 1. The summed E-state index contributed by atoms with van der Waals surface area (Å²) >= 11 is 1.32. The molecule has 0 fully saturated rings. The quantitative estimate of drug-likeness (QED) is 0.634. The fourth-order valence-electron chi connectivity index (χ4n) is 2.74. The van der Waals surface area contributed by atoms with Gasteiger partial charge in [-0.15, -0.1) is 11.3 Å². The fourth-order valence-corrected chi connectivity index (χ4v) is 3.44. The normalized spacial score (nSPS) is 12.8. The van der Waals surface area contributed by atoms with E-state index in [1.54, 1.807) is 11.7 Å². The molecule has 0 aliphatic carbocycles. The van der Waals surface area contributed by atoms with E-state index in [4.69, 9.17) is 0 Å². The van der Waals surface area contributed by atoms with Crippen LogP contribution >= 0.6 is 11.3 Å². The Morgan fingerprint density at radius 1 is 1.17 bits per heavy atom. The molecule has 0 aromatic carbocycles. The van der Waals surface area contributed by atoms with Crippen LogP contribution < -0.4 is 5.56 Å². The maximum Gasteiger partial charge on any atom is 0.286 e. The predicted octanol–water partition coefficient (Wildman–Crippen LogP) is 3.74. The van der Waals surface area contributed by atoms with Gasteiger partial charge in [-0.1, -0.05) is 58.3 Å². The molecule has 0 aliphatic rings. The lowest BCUT2D eigenvalue weighted by molar-refractivity contribution is 0.134. The van der Waals surface area contributed by atoms with E-state index < -0.39 is 6.10 Å². The monoisotopic (exact) mass is 337 g/mol. The summed E-state index contributed by atoms with van der Waals surface area (Å²) in [6.45, 7) is 2.50. The Hall–Kier alpha value is -1.27. The molecule has 1 unspecified atom stereocenters. The molecule has 1 N–H and O–H groups in total. The summed E-state index contributed by atoms with van der Waals surface area (Å²) in [7, 11) is 0. The van der Waals surface area contributed by atoms with Crippen LogP contribution in [-0.4, -0.2) is 26.0 Å². The lowest BCUT2D eigenvalue weighted by Gasteiger charge is -2.11. The second kappa shape index (κ2) is 9.78. The first-order chi connectivity index (χ1) is 11.2. The van der Waals surface area contributed by atoms with Gasteiger partial charge in [0.2, 0.25) is 0 Å². The van der Waals surface area contributed by atoms with Crippen molar-refractivity contribution >= 4 is 21.6 Å². The molecular formula is C17H27N3O2S. The Labute approximate surface area is 141 Å². The zero-order valence-electron chi connectivity index (χ0n) is 13.9. The van der Waals surface area contributed by atoms with Gasteiger partial charge in [0.15, 0.2) is 0 Å². The molecule has 6 heteroatoms. The average molecular weight is 337 g/mol. The minimum absolute atomic E-state index is 0.153. The molecule has 2 heterocycles. The lowest BCUT2D eigenvalue weighted by Crippen LogP contribution is -2.28. The highest BCUT2D eigenvalue weighted by Crippen LogP contribution is 2.13. The van der Waals surface area contributed by atoms with Crippen molar-refractivity contribution in [3.63, 3.8) is 0 Å². The zero-order valence-corrected chi connectivity index (χ0v) is 14.7. The van der Waals surface area contributed by atoms with Gasteiger partial charge in [0, 0.05) is 0 Å². The largest absolute Gasteiger partial charge is 0.391 e. The van der Waals surface area contributed by atoms with Gasteiger partial charge in [-0.05, 0) is 6.42 Å². The van der Waals surface area contributed by atoms with Gasteiger partial charge in [-0.3, -0.25) is 4.79 Å². The summed E-state index contributed by atoms with van der Waals surface area (Å²) in [6, 6.07) is 0. The molecule has 5 nitrogen and oxygen atoms in total. The number of unbranched alkanes of at least 4 members (excludes halogenated alkanes) is 7. The van der Waals surface area contributed by atoms with E-state index in [1.165, 1.54) is 54.5 Å². The molecule has 2 aromatic rings. The van der Waals surface area contributed by atoms with E-state index in [-0.39, 0.29) is 12.1 Å². The molecule has 1 atom stereocenters. The molecule has 0 saturated heterocycles. The van der Waals surface area contributed by atoms with E-state index in [0.717, 1.165) is 19.3 Å².